The minimum Gasteiger partial charge on any atom is -0.378 e. The molecule has 2 fully saturated rings. The summed E-state index contributed by atoms with van der Waals surface area (Å²) in [5.41, 5.74) is -6.26. The molecule has 2 aromatic heterocycles. The first-order valence-electron chi connectivity index (χ1n) is 13.8. The predicted molar refractivity (Wildman–Crippen MR) is 159 cm³/mol. The van der Waals surface area contributed by atoms with E-state index in [1.807, 2.05) is 12.4 Å². The van der Waals surface area contributed by atoms with Crippen molar-refractivity contribution in [3.63, 3.8) is 0 Å². The van der Waals surface area contributed by atoms with Crippen LogP contribution in [0, 0.1) is 0 Å². The zero-order valence-electron chi connectivity index (χ0n) is 25.9. The van der Waals surface area contributed by atoms with E-state index < -0.39 is 31.3 Å². The van der Waals surface area contributed by atoms with Crippen molar-refractivity contribution in [2.45, 2.75) is 61.9 Å². The van der Waals surface area contributed by atoms with Gasteiger partial charge in [0.2, 0.25) is 0 Å². The number of pyridine rings is 2. The van der Waals surface area contributed by atoms with Crippen molar-refractivity contribution >= 4 is 31.6 Å². The van der Waals surface area contributed by atoms with Crippen molar-refractivity contribution in [3.05, 3.63) is 48.0 Å². The van der Waals surface area contributed by atoms with E-state index in [9.17, 15) is 26.3 Å². The smallest absolute Gasteiger partial charge is 0.378 e. The van der Waals surface area contributed by atoms with Crippen LogP contribution >= 0.6 is 0 Å². The minimum absolute atomic E-state index is 0. The summed E-state index contributed by atoms with van der Waals surface area (Å²) in [6.45, 7) is 4.25. The zero-order chi connectivity index (χ0) is 35.1. The van der Waals surface area contributed by atoms with Crippen LogP contribution in [0.1, 0.15) is 37.1 Å². The van der Waals surface area contributed by atoms with Crippen LogP contribution in [0.25, 0.3) is 0 Å². The fourth-order valence-corrected chi connectivity index (χ4v) is 5.04. The SMILES string of the molecule is CN(C)c1ccnc(CN2CCCC2C2CCCN2Cc2cc(N(C)C)ccn2)c1.O=S(=O)(O)C(F)(F)F.O=S(=O)(O)C(F)(F)F.[Fe+2]. The van der Waals surface area contributed by atoms with Crippen molar-refractivity contribution in [1.29, 1.82) is 0 Å². The number of likely N-dealkylation sites (tertiary alicyclic amines) is 2. The molecule has 0 radical (unpaired) electrons. The number of hydrogen-bond donors (Lipinski definition) is 2. The summed E-state index contributed by atoms with van der Waals surface area (Å²) in [7, 11) is -3.32. The van der Waals surface area contributed by atoms with E-state index in [1.165, 1.54) is 61.5 Å². The molecule has 2 N–H and O–H groups in total. The number of aromatic nitrogens is 2. The summed E-state index contributed by atoms with van der Waals surface area (Å²) in [4.78, 5) is 19.0. The van der Waals surface area contributed by atoms with Crippen molar-refractivity contribution in [1.82, 2.24) is 19.8 Å². The van der Waals surface area contributed by atoms with Crippen LogP contribution in [-0.4, -0.2) is 110 Å². The molecule has 0 aliphatic carbocycles. The molecule has 2 aliphatic heterocycles. The van der Waals surface area contributed by atoms with Crippen LogP contribution in [0.15, 0.2) is 36.7 Å². The van der Waals surface area contributed by atoms with Gasteiger partial charge in [-0.1, -0.05) is 0 Å². The Hall–Kier alpha value is -2.26. The van der Waals surface area contributed by atoms with Crippen LogP contribution in [0.3, 0.4) is 0 Å². The maximum Gasteiger partial charge on any atom is 2.00 e. The number of halogens is 6. The first-order valence-corrected chi connectivity index (χ1v) is 16.7. The third-order valence-corrected chi connectivity index (χ3v) is 8.39. The van der Waals surface area contributed by atoms with Crippen LogP contribution in [0.2, 0.25) is 0 Å². The molecule has 47 heavy (non-hydrogen) atoms. The van der Waals surface area contributed by atoms with Gasteiger partial charge in [-0.15, -0.1) is 0 Å². The monoisotopic (exact) mass is 764 g/mol. The number of hydrogen-bond acceptors (Lipinski definition) is 10. The van der Waals surface area contributed by atoms with Crippen molar-refractivity contribution in [2.24, 2.45) is 0 Å². The maximum absolute atomic E-state index is 10.7. The second kappa shape index (κ2) is 17.4. The quantitative estimate of drug-likeness (QED) is 0.182. The van der Waals surface area contributed by atoms with Gasteiger partial charge in [-0.25, -0.2) is 0 Å². The molecule has 2 aromatic rings. The van der Waals surface area contributed by atoms with Crippen molar-refractivity contribution in [2.75, 3.05) is 51.1 Å². The average molecular weight is 765 g/mol. The van der Waals surface area contributed by atoms with Crippen LogP contribution in [0.5, 0.6) is 0 Å². The standard InChI is InChI=1S/C24H36N6.2CHF3O3S.Fe/c1-27(2)21-9-11-25-19(15-21)17-29-13-5-7-23(29)24-8-6-14-30(24)18-20-16-22(28(3)4)10-12-26-20;2*2-1(3,4)8(5,6)7;/h9-12,15-16,23-24H,5-8,13-14,17-18H2,1-4H3;2*(H,5,6,7);/q;;;+2. The molecule has 2 saturated heterocycles. The molecule has 0 bridgehead atoms. The second-order valence-corrected chi connectivity index (χ2v) is 13.8. The third kappa shape index (κ3) is 13.3. The van der Waals surface area contributed by atoms with Crippen LogP contribution in [0.4, 0.5) is 37.7 Å². The normalized spacial score (nSPS) is 19.1. The molecule has 2 aliphatic rings. The molecule has 0 aromatic carbocycles. The molecular formula is C26H38F6FeN6O6S2+2. The van der Waals surface area contributed by atoms with Crippen LogP contribution in [-0.2, 0) is 50.4 Å². The Kier molecular flexibility index (Phi) is 15.8. The van der Waals surface area contributed by atoms with Gasteiger partial charge in [0.05, 0.1) is 11.4 Å². The van der Waals surface area contributed by atoms with Gasteiger partial charge in [-0.3, -0.25) is 28.9 Å². The molecule has 4 rings (SSSR count). The Morgan fingerprint density at radius 3 is 1.28 bits per heavy atom. The molecule has 0 amide bonds. The topological polar surface area (TPSA) is 147 Å². The molecule has 2 unspecified atom stereocenters. The van der Waals surface area contributed by atoms with Gasteiger partial charge in [0.15, 0.2) is 0 Å². The first kappa shape index (κ1) is 42.8. The van der Waals surface area contributed by atoms with E-state index in [4.69, 9.17) is 25.9 Å². The van der Waals surface area contributed by atoms with Crippen molar-refractivity contribution < 1.29 is 69.4 Å². The van der Waals surface area contributed by atoms with Gasteiger partial charge >= 0.3 is 48.3 Å². The Labute approximate surface area is 281 Å². The summed E-state index contributed by atoms with van der Waals surface area (Å²) in [6.07, 6.45) is 9.05. The number of nitrogens with zero attached hydrogens (tertiary/aromatic N) is 6. The predicted octanol–water partition coefficient (Wildman–Crippen LogP) is 4.02. The van der Waals surface area contributed by atoms with Gasteiger partial charge in [0.25, 0.3) is 0 Å². The first-order chi connectivity index (χ1) is 21.0. The Bertz CT molecular complexity index is 1390. The van der Waals surface area contributed by atoms with E-state index in [0.717, 1.165) is 13.1 Å². The Balaban J connectivity index is 0.000000541. The Morgan fingerprint density at radius 2 is 1.02 bits per heavy atom. The van der Waals surface area contributed by atoms with Crippen LogP contribution < -0.4 is 9.80 Å². The van der Waals surface area contributed by atoms with E-state index >= 15 is 0 Å². The Morgan fingerprint density at radius 1 is 0.723 bits per heavy atom. The average Bonchev–Trinajstić information content (AvgIpc) is 3.56. The van der Waals surface area contributed by atoms with Crippen molar-refractivity contribution in [3.8, 4) is 0 Å². The van der Waals surface area contributed by atoms with Gasteiger partial charge in [-0.2, -0.15) is 43.2 Å². The minimum atomic E-state index is -5.84. The molecule has 268 valence electrons. The molecule has 4 heterocycles. The van der Waals surface area contributed by atoms with Gasteiger partial charge in [-0.05, 0) is 63.0 Å². The molecule has 0 saturated carbocycles. The summed E-state index contributed by atoms with van der Waals surface area (Å²) in [5, 5.41) is 0. The van der Waals surface area contributed by atoms with Gasteiger partial charge < -0.3 is 9.80 Å². The van der Waals surface area contributed by atoms with E-state index in [1.54, 1.807) is 0 Å². The summed E-state index contributed by atoms with van der Waals surface area (Å²) < 4.78 is 115. The van der Waals surface area contributed by atoms with E-state index in [2.05, 4.69) is 82.0 Å². The fraction of sp³-hybridized carbons (Fsp3) is 0.615. The van der Waals surface area contributed by atoms with Gasteiger partial charge in [0.1, 0.15) is 0 Å². The van der Waals surface area contributed by atoms with E-state index in [0.29, 0.717) is 12.1 Å². The summed E-state index contributed by atoms with van der Waals surface area (Å²) in [6, 6.07) is 9.87. The number of alkyl halides is 6. The number of anilines is 2. The summed E-state index contributed by atoms with van der Waals surface area (Å²) in [5.74, 6) is 0. The van der Waals surface area contributed by atoms with E-state index in [-0.39, 0.29) is 17.1 Å². The largest absolute Gasteiger partial charge is 2.00 e. The molecule has 12 nitrogen and oxygen atoms in total. The molecule has 21 heteroatoms. The van der Waals surface area contributed by atoms with Gasteiger partial charge in [0, 0.05) is 77.1 Å². The zero-order valence-corrected chi connectivity index (χ0v) is 28.7. The fourth-order valence-electron chi connectivity index (χ4n) is 5.04. The summed E-state index contributed by atoms with van der Waals surface area (Å²) >= 11 is 0. The molecule has 0 spiro atoms. The maximum atomic E-state index is 10.7. The third-order valence-electron chi connectivity index (χ3n) is 7.22. The number of rotatable bonds is 7. The molecule has 2 atom stereocenters. The second-order valence-electron chi connectivity index (χ2n) is 11.0. The molecular weight excluding hydrogens is 726 g/mol.